The number of benzene rings is 1. The number of hydrogen-bond donors (Lipinski definition) is 6. The summed E-state index contributed by atoms with van der Waals surface area (Å²) in [6.07, 6.45) is 4.14. The maximum atomic E-state index is 13.6. The second-order valence-corrected chi connectivity index (χ2v) is 12.6. The summed E-state index contributed by atoms with van der Waals surface area (Å²) >= 11 is 1.49. The van der Waals surface area contributed by atoms with Crippen LogP contribution in [0.1, 0.15) is 72.8 Å². The van der Waals surface area contributed by atoms with Gasteiger partial charge in [-0.2, -0.15) is 11.8 Å². The molecule has 248 valence electrons. The molecule has 0 heterocycles. The van der Waals surface area contributed by atoms with Gasteiger partial charge in [0.15, 0.2) is 0 Å². The molecular weight excluding hydrogens is 582 g/mol. The molecule has 0 saturated carbocycles. The van der Waals surface area contributed by atoms with Crippen LogP contribution < -0.4 is 27.0 Å². The summed E-state index contributed by atoms with van der Waals surface area (Å²) in [6.45, 7) is 11.0. The standard InChI is InChI=1S/C32H53N5O6S/c1-8-19(4)25(30(40)34-24(16-17-44-7)29(39)37-27(32(42)43)21(6)10-3)36-31(41)26(20(5)9-2)35-28(38)23(33)18-22-14-12-11-13-15-22/h11-15,19-21,23-27H,8-10,16-18,33H2,1-7H3,(H,34,40)(H,35,38)(H,36,41)(H,37,39)(H,42,43)/t19-,20-,21-,23-,24-,25-,26-,27-/m0/s1. The van der Waals surface area contributed by atoms with Gasteiger partial charge in [0.1, 0.15) is 24.2 Å². The molecule has 0 unspecified atom stereocenters. The first-order chi connectivity index (χ1) is 20.8. The topological polar surface area (TPSA) is 180 Å². The molecule has 0 fully saturated rings. The first kappa shape index (κ1) is 38.9. The van der Waals surface area contributed by atoms with Gasteiger partial charge in [-0.15, -0.1) is 0 Å². The molecule has 1 aromatic rings. The van der Waals surface area contributed by atoms with E-state index in [-0.39, 0.29) is 24.2 Å². The van der Waals surface area contributed by atoms with Gasteiger partial charge in [-0.25, -0.2) is 4.79 Å². The van der Waals surface area contributed by atoms with E-state index in [1.807, 2.05) is 71.2 Å². The molecular formula is C32H53N5O6S. The fraction of sp³-hybridized carbons (Fsp3) is 0.656. The Morgan fingerprint density at radius 2 is 1.18 bits per heavy atom. The molecule has 44 heavy (non-hydrogen) atoms. The third-order valence-electron chi connectivity index (χ3n) is 8.24. The van der Waals surface area contributed by atoms with Crippen molar-refractivity contribution in [3.8, 4) is 0 Å². The van der Waals surface area contributed by atoms with E-state index in [0.717, 1.165) is 5.56 Å². The Kier molecular flexibility index (Phi) is 17.7. The van der Waals surface area contributed by atoms with Gasteiger partial charge in [0.25, 0.3) is 0 Å². The Hall–Kier alpha value is -3.12. The number of nitrogens with one attached hydrogen (secondary N) is 4. The SMILES string of the molecule is CC[C@H](C)[C@H](NC(=O)[C@H](CCSC)NC(=O)[C@@H](NC(=O)[C@@H](NC(=O)[C@@H](N)Cc1ccccc1)[C@@H](C)CC)[C@@H](C)CC)C(=O)O. The average Bonchev–Trinajstić information content (AvgIpc) is 3.01. The van der Waals surface area contributed by atoms with E-state index < -0.39 is 59.8 Å². The average molecular weight is 636 g/mol. The van der Waals surface area contributed by atoms with E-state index in [0.29, 0.717) is 31.4 Å². The maximum absolute atomic E-state index is 13.6. The zero-order valence-corrected chi connectivity index (χ0v) is 28.0. The minimum atomic E-state index is -1.14. The Morgan fingerprint density at radius 3 is 1.66 bits per heavy atom. The first-order valence-electron chi connectivity index (χ1n) is 15.5. The molecule has 12 heteroatoms. The first-order valence-corrected chi connectivity index (χ1v) is 16.9. The molecule has 0 aliphatic heterocycles. The van der Waals surface area contributed by atoms with E-state index in [1.165, 1.54) is 11.8 Å². The van der Waals surface area contributed by atoms with Crippen molar-refractivity contribution in [2.24, 2.45) is 23.5 Å². The molecule has 11 nitrogen and oxygen atoms in total. The van der Waals surface area contributed by atoms with E-state index in [1.54, 1.807) is 6.92 Å². The molecule has 1 aromatic carbocycles. The summed E-state index contributed by atoms with van der Waals surface area (Å²) in [4.78, 5) is 65.3. The number of hydrogen-bond acceptors (Lipinski definition) is 7. The second kappa shape index (κ2) is 20.0. The normalized spacial score (nSPS) is 16.6. The van der Waals surface area contributed by atoms with Crippen LogP contribution >= 0.6 is 11.8 Å². The van der Waals surface area contributed by atoms with E-state index >= 15 is 0 Å². The van der Waals surface area contributed by atoms with Crippen LogP contribution in [0.5, 0.6) is 0 Å². The largest absolute Gasteiger partial charge is 0.480 e. The number of carbonyl (C=O) groups excluding carboxylic acids is 4. The predicted molar refractivity (Wildman–Crippen MR) is 175 cm³/mol. The third kappa shape index (κ3) is 12.5. The lowest BCUT2D eigenvalue weighted by atomic mass is 9.94. The number of carboxylic acids is 1. The zero-order valence-electron chi connectivity index (χ0n) is 27.2. The summed E-state index contributed by atoms with van der Waals surface area (Å²) < 4.78 is 0. The zero-order chi connectivity index (χ0) is 33.4. The lowest BCUT2D eigenvalue weighted by Crippen LogP contribution is -2.61. The summed E-state index contributed by atoms with van der Waals surface area (Å²) in [5, 5.41) is 20.6. The van der Waals surface area contributed by atoms with Gasteiger partial charge in [-0.3, -0.25) is 19.2 Å². The van der Waals surface area contributed by atoms with Gasteiger partial charge in [-0.05, 0) is 48.2 Å². The van der Waals surface area contributed by atoms with Crippen LogP contribution in [0, 0.1) is 17.8 Å². The molecule has 0 radical (unpaired) electrons. The van der Waals surface area contributed by atoms with Gasteiger partial charge >= 0.3 is 5.97 Å². The number of rotatable bonds is 20. The smallest absolute Gasteiger partial charge is 0.326 e. The number of nitrogens with two attached hydrogens (primary N) is 1. The number of carboxylic acid groups (broad SMARTS) is 1. The number of aliphatic carboxylic acids is 1. The quantitative estimate of drug-likeness (QED) is 0.126. The monoisotopic (exact) mass is 635 g/mol. The van der Waals surface area contributed by atoms with Crippen LogP contribution in [-0.2, 0) is 30.4 Å². The number of carbonyl (C=O) groups is 5. The fourth-order valence-electron chi connectivity index (χ4n) is 4.57. The highest BCUT2D eigenvalue weighted by molar-refractivity contribution is 7.98. The van der Waals surface area contributed by atoms with Crippen molar-refractivity contribution in [2.45, 2.75) is 104 Å². The highest BCUT2D eigenvalue weighted by atomic mass is 32.2. The molecule has 4 amide bonds. The van der Waals surface area contributed by atoms with Crippen LogP contribution in [-0.4, -0.2) is 76.9 Å². The lowest BCUT2D eigenvalue weighted by molar-refractivity contribution is -0.144. The van der Waals surface area contributed by atoms with Gasteiger partial charge < -0.3 is 32.1 Å². The van der Waals surface area contributed by atoms with Crippen molar-refractivity contribution in [1.82, 2.24) is 21.3 Å². The Morgan fingerprint density at radius 1 is 0.727 bits per heavy atom. The Balaban J connectivity index is 3.13. The number of thioether (sulfide) groups is 1. The van der Waals surface area contributed by atoms with Gasteiger partial charge in [0.2, 0.25) is 23.6 Å². The van der Waals surface area contributed by atoms with Crippen molar-refractivity contribution < 1.29 is 29.1 Å². The highest BCUT2D eigenvalue weighted by Crippen LogP contribution is 2.14. The molecule has 0 spiro atoms. The molecule has 1 rings (SSSR count). The van der Waals surface area contributed by atoms with Gasteiger partial charge in [0, 0.05) is 0 Å². The van der Waals surface area contributed by atoms with Crippen molar-refractivity contribution in [3.05, 3.63) is 35.9 Å². The molecule has 0 aromatic heterocycles. The van der Waals surface area contributed by atoms with Crippen LogP contribution in [0.25, 0.3) is 0 Å². The third-order valence-corrected chi connectivity index (χ3v) is 8.89. The van der Waals surface area contributed by atoms with E-state index in [2.05, 4.69) is 21.3 Å². The van der Waals surface area contributed by atoms with Crippen LogP contribution in [0.4, 0.5) is 0 Å². The summed E-state index contributed by atoms with van der Waals surface area (Å²) in [6, 6.07) is 4.46. The Labute approximate surface area is 266 Å². The highest BCUT2D eigenvalue weighted by Gasteiger charge is 2.35. The molecule has 0 aliphatic rings. The van der Waals surface area contributed by atoms with Crippen molar-refractivity contribution in [1.29, 1.82) is 0 Å². The van der Waals surface area contributed by atoms with Crippen molar-refractivity contribution in [3.63, 3.8) is 0 Å². The Bertz CT molecular complexity index is 1070. The van der Waals surface area contributed by atoms with Gasteiger partial charge in [-0.1, -0.05) is 91.1 Å². The summed E-state index contributed by atoms with van der Waals surface area (Å²) in [5.41, 5.74) is 7.07. The molecule has 8 atom stereocenters. The van der Waals surface area contributed by atoms with Crippen LogP contribution in [0.3, 0.4) is 0 Å². The second-order valence-electron chi connectivity index (χ2n) is 11.6. The van der Waals surface area contributed by atoms with E-state index in [9.17, 15) is 29.1 Å². The molecule has 0 bridgehead atoms. The fourth-order valence-corrected chi connectivity index (χ4v) is 5.04. The van der Waals surface area contributed by atoms with Crippen molar-refractivity contribution >= 4 is 41.4 Å². The maximum Gasteiger partial charge on any atom is 0.326 e. The predicted octanol–water partition coefficient (Wildman–Crippen LogP) is 2.47. The van der Waals surface area contributed by atoms with Crippen LogP contribution in [0.15, 0.2) is 30.3 Å². The van der Waals surface area contributed by atoms with E-state index in [4.69, 9.17) is 5.73 Å². The van der Waals surface area contributed by atoms with Gasteiger partial charge in [0.05, 0.1) is 6.04 Å². The van der Waals surface area contributed by atoms with Crippen LogP contribution in [0.2, 0.25) is 0 Å². The molecule has 7 N–H and O–H groups in total. The minimum absolute atomic E-state index is 0.253. The van der Waals surface area contributed by atoms with Crippen molar-refractivity contribution in [2.75, 3.05) is 12.0 Å². The lowest BCUT2D eigenvalue weighted by Gasteiger charge is -2.30. The molecule has 0 saturated heterocycles. The molecule has 0 aliphatic carbocycles. The summed E-state index contributed by atoms with van der Waals surface area (Å²) in [7, 11) is 0. The number of amides is 4. The summed E-state index contributed by atoms with van der Waals surface area (Å²) in [5.74, 6) is -3.60. The minimum Gasteiger partial charge on any atom is -0.480 e.